The lowest BCUT2D eigenvalue weighted by molar-refractivity contribution is -0.143. The standard InChI is InChI=1S/C22H18ClNO8S/c1-30-16-8-13(9-17-20(26)24(22(29)33-17)10-18(25)31-2)7-15(23)19(16)32-11-12-3-5-14(6-4-12)21(27)28/h3-9H,10-11H2,1-2H3,(H,27,28)/b17-9-. The Morgan fingerprint density at radius 3 is 2.45 bits per heavy atom. The number of carboxylic acid groups (broad SMARTS) is 1. The van der Waals surface area contributed by atoms with Gasteiger partial charge >= 0.3 is 11.9 Å². The molecule has 2 aromatic carbocycles. The van der Waals surface area contributed by atoms with Crippen molar-refractivity contribution >= 4 is 52.5 Å². The van der Waals surface area contributed by atoms with Gasteiger partial charge in [0.05, 0.1) is 29.7 Å². The van der Waals surface area contributed by atoms with Gasteiger partial charge in [-0.2, -0.15) is 0 Å². The van der Waals surface area contributed by atoms with Gasteiger partial charge in [0.25, 0.3) is 11.1 Å². The number of carbonyl (C=O) groups excluding carboxylic acids is 3. The zero-order chi connectivity index (χ0) is 24.1. The molecule has 0 atom stereocenters. The van der Waals surface area contributed by atoms with Crippen molar-refractivity contribution in [3.05, 3.63) is 63.0 Å². The number of rotatable bonds is 8. The van der Waals surface area contributed by atoms with Gasteiger partial charge in [-0.15, -0.1) is 0 Å². The van der Waals surface area contributed by atoms with E-state index in [0.29, 0.717) is 23.1 Å². The number of halogens is 1. The predicted molar refractivity (Wildman–Crippen MR) is 120 cm³/mol. The van der Waals surface area contributed by atoms with Gasteiger partial charge in [0, 0.05) is 0 Å². The van der Waals surface area contributed by atoms with Crippen LogP contribution in [0.4, 0.5) is 4.79 Å². The van der Waals surface area contributed by atoms with Crippen LogP contribution in [0.1, 0.15) is 21.5 Å². The fourth-order valence-corrected chi connectivity index (χ4v) is 3.96. The maximum Gasteiger partial charge on any atom is 0.335 e. The minimum absolute atomic E-state index is 0.113. The number of nitrogens with zero attached hydrogens (tertiary/aromatic N) is 1. The van der Waals surface area contributed by atoms with Crippen molar-refractivity contribution in [3.8, 4) is 11.5 Å². The van der Waals surface area contributed by atoms with Crippen LogP contribution in [0.25, 0.3) is 6.08 Å². The third-order valence-corrected chi connectivity index (χ3v) is 5.71. The molecule has 33 heavy (non-hydrogen) atoms. The second kappa shape index (κ2) is 10.4. The van der Waals surface area contributed by atoms with Crippen molar-refractivity contribution in [2.45, 2.75) is 6.61 Å². The lowest BCUT2D eigenvalue weighted by atomic mass is 10.1. The van der Waals surface area contributed by atoms with Crippen molar-refractivity contribution in [2.24, 2.45) is 0 Å². The molecule has 0 aromatic heterocycles. The average molecular weight is 492 g/mol. The quantitative estimate of drug-likeness (QED) is 0.433. The van der Waals surface area contributed by atoms with Crippen LogP contribution in [-0.4, -0.2) is 53.9 Å². The third-order valence-electron chi connectivity index (χ3n) is 4.52. The predicted octanol–water partition coefficient (Wildman–Crippen LogP) is 3.84. The summed E-state index contributed by atoms with van der Waals surface area (Å²) < 4.78 is 15.6. The van der Waals surface area contributed by atoms with Crippen LogP contribution in [0.2, 0.25) is 5.02 Å². The van der Waals surface area contributed by atoms with Gasteiger partial charge in [-0.1, -0.05) is 23.7 Å². The number of carbonyl (C=O) groups is 4. The minimum atomic E-state index is -1.02. The van der Waals surface area contributed by atoms with Crippen LogP contribution in [0.3, 0.4) is 0 Å². The molecule has 2 aromatic rings. The normalized spacial score (nSPS) is 14.5. The molecule has 3 rings (SSSR count). The number of methoxy groups -OCH3 is 2. The Balaban J connectivity index is 1.79. The number of hydrogen-bond donors (Lipinski definition) is 1. The van der Waals surface area contributed by atoms with Gasteiger partial charge in [-0.05, 0) is 53.2 Å². The number of thioether (sulfide) groups is 1. The van der Waals surface area contributed by atoms with E-state index in [1.807, 2.05) is 0 Å². The summed E-state index contributed by atoms with van der Waals surface area (Å²) in [5.74, 6) is -1.79. The maximum atomic E-state index is 12.5. The molecular formula is C22H18ClNO8S. The fourth-order valence-electron chi connectivity index (χ4n) is 2.84. The highest BCUT2D eigenvalue weighted by Crippen LogP contribution is 2.39. The molecule has 1 N–H and O–H groups in total. The molecule has 0 spiro atoms. The molecule has 0 saturated carbocycles. The van der Waals surface area contributed by atoms with E-state index < -0.39 is 29.6 Å². The average Bonchev–Trinajstić information content (AvgIpc) is 3.05. The molecule has 172 valence electrons. The van der Waals surface area contributed by atoms with Crippen LogP contribution in [0.15, 0.2) is 41.3 Å². The highest BCUT2D eigenvalue weighted by atomic mass is 35.5. The first-order valence-corrected chi connectivity index (χ1v) is 10.6. The molecule has 11 heteroatoms. The topological polar surface area (TPSA) is 119 Å². The third kappa shape index (κ3) is 5.65. The molecule has 1 heterocycles. The molecule has 0 aliphatic carbocycles. The van der Waals surface area contributed by atoms with E-state index in [0.717, 1.165) is 10.5 Å². The zero-order valence-corrected chi connectivity index (χ0v) is 19.1. The lowest BCUT2D eigenvalue weighted by Gasteiger charge is -2.14. The van der Waals surface area contributed by atoms with E-state index in [1.165, 1.54) is 32.4 Å². The highest BCUT2D eigenvalue weighted by molar-refractivity contribution is 8.18. The number of imide groups is 1. The van der Waals surface area contributed by atoms with E-state index in [-0.39, 0.29) is 27.8 Å². The van der Waals surface area contributed by atoms with Crippen LogP contribution >= 0.6 is 23.4 Å². The van der Waals surface area contributed by atoms with Gasteiger partial charge in [-0.3, -0.25) is 19.3 Å². The van der Waals surface area contributed by atoms with Crippen LogP contribution in [0.5, 0.6) is 11.5 Å². The van der Waals surface area contributed by atoms with Gasteiger partial charge < -0.3 is 19.3 Å². The van der Waals surface area contributed by atoms with E-state index in [1.54, 1.807) is 24.3 Å². The van der Waals surface area contributed by atoms with Gasteiger partial charge in [0.1, 0.15) is 13.2 Å². The van der Waals surface area contributed by atoms with Crippen molar-refractivity contribution in [2.75, 3.05) is 20.8 Å². The van der Waals surface area contributed by atoms with E-state index in [4.69, 9.17) is 26.2 Å². The second-order valence-corrected chi connectivity index (χ2v) is 8.07. The Morgan fingerprint density at radius 2 is 1.85 bits per heavy atom. The number of esters is 1. The van der Waals surface area contributed by atoms with E-state index in [2.05, 4.69) is 4.74 Å². The Labute approximate surface area is 197 Å². The first-order valence-electron chi connectivity index (χ1n) is 9.38. The fraction of sp³-hybridized carbons (Fsp3) is 0.182. The first-order chi connectivity index (χ1) is 15.7. The van der Waals surface area contributed by atoms with E-state index >= 15 is 0 Å². The van der Waals surface area contributed by atoms with Gasteiger partial charge in [0.15, 0.2) is 11.5 Å². The number of amides is 2. The number of ether oxygens (including phenoxy) is 3. The Hall–Kier alpha value is -3.50. The van der Waals surface area contributed by atoms with Gasteiger partial charge in [0.2, 0.25) is 0 Å². The molecule has 0 radical (unpaired) electrons. The molecule has 1 fully saturated rings. The molecule has 0 unspecified atom stereocenters. The summed E-state index contributed by atoms with van der Waals surface area (Å²) in [4.78, 5) is 47.9. The van der Waals surface area contributed by atoms with Crippen LogP contribution in [0, 0.1) is 0 Å². The summed E-state index contributed by atoms with van der Waals surface area (Å²) in [6.45, 7) is -0.357. The Morgan fingerprint density at radius 1 is 1.15 bits per heavy atom. The molecule has 1 aliphatic heterocycles. The van der Waals surface area contributed by atoms with Gasteiger partial charge in [-0.25, -0.2) is 4.79 Å². The molecule has 0 bridgehead atoms. The summed E-state index contributed by atoms with van der Waals surface area (Å²) in [6.07, 6.45) is 1.46. The number of aromatic carboxylic acids is 1. The van der Waals surface area contributed by atoms with Crippen molar-refractivity contribution in [1.29, 1.82) is 0 Å². The summed E-state index contributed by atoms with van der Waals surface area (Å²) in [5, 5.41) is 8.60. The molecule has 1 aliphatic rings. The van der Waals surface area contributed by atoms with Crippen molar-refractivity contribution in [3.63, 3.8) is 0 Å². The SMILES string of the molecule is COC(=O)CN1C(=O)S/C(=C\c2cc(Cl)c(OCc3ccc(C(=O)O)cc3)c(OC)c2)C1=O. The molecule has 9 nitrogen and oxygen atoms in total. The molecular weight excluding hydrogens is 474 g/mol. The van der Waals surface area contributed by atoms with Crippen LogP contribution < -0.4 is 9.47 Å². The zero-order valence-electron chi connectivity index (χ0n) is 17.5. The minimum Gasteiger partial charge on any atom is -0.493 e. The van der Waals surface area contributed by atoms with Crippen molar-refractivity contribution < 1.29 is 38.5 Å². The van der Waals surface area contributed by atoms with Crippen LogP contribution in [-0.2, 0) is 20.9 Å². The maximum absolute atomic E-state index is 12.5. The molecule has 1 saturated heterocycles. The number of carboxylic acids is 1. The monoisotopic (exact) mass is 491 g/mol. The summed E-state index contributed by atoms with van der Waals surface area (Å²) in [5.41, 5.74) is 1.37. The smallest absolute Gasteiger partial charge is 0.335 e. The number of hydrogen-bond acceptors (Lipinski definition) is 8. The lowest BCUT2D eigenvalue weighted by Crippen LogP contribution is -2.34. The summed E-state index contributed by atoms with van der Waals surface area (Å²) in [7, 11) is 2.59. The number of benzene rings is 2. The first kappa shape index (κ1) is 24.1. The van der Waals surface area contributed by atoms with Crippen molar-refractivity contribution in [1.82, 2.24) is 4.90 Å². The van der Waals surface area contributed by atoms with E-state index in [9.17, 15) is 19.2 Å². The second-order valence-electron chi connectivity index (χ2n) is 6.67. The summed E-state index contributed by atoms with van der Waals surface area (Å²) in [6, 6.07) is 9.32. The highest BCUT2D eigenvalue weighted by Gasteiger charge is 2.36. The molecule has 2 amide bonds. The Bertz CT molecular complexity index is 1150. The largest absolute Gasteiger partial charge is 0.493 e. The Kier molecular flexibility index (Phi) is 7.62. The summed E-state index contributed by atoms with van der Waals surface area (Å²) >= 11 is 7.07.